The van der Waals surface area contributed by atoms with Gasteiger partial charge in [0.15, 0.2) is 0 Å². The normalized spacial score (nSPS) is 15.5. The van der Waals surface area contributed by atoms with Gasteiger partial charge in [0.25, 0.3) is 5.56 Å². The minimum Gasteiger partial charge on any atom is -0.368 e. The lowest BCUT2D eigenvalue weighted by Gasteiger charge is -2.35. The first-order chi connectivity index (χ1) is 16.9. The highest BCUT2D eigenvalue weighted by Crippen LogP contribution is 2.30. The summed E-state index contributed by atoms with van der Waals surface area (Å²) in [5, 5.41) is 1.05. The molecule has 1 aromatic heterocycles. The van der Waals surface area contributed by atoms with Crippen LogP contribution in [0.5, 0.6) is 0 Å². The lowest BCUT2D eigenvalue weighted by Crippen LogP contribution is -2.46. The van der Waals surface area contributed by atoms with Crippen molar-refractivity contribution < 1.29 is 0 Å². The summed E-state index contributed by atoms with van der Waals surface area (Å²) in [7, 11) is 2.10. The molecular formula is C28H29ClN4O2. The first-order valence-corrected chi connectivity index (χ1v) is 12.3. The first kappa shape index (κ1) is 23.4. The number of hydrogen-bond donors (Lipinski definition) is 0. The first-order valence-electron chi connectivity index (χ1n) is 11.9. The predicted octanol–water partition coefficient (Wildman–Crippen LogP) is 4.23. The number of likely N-dealkylation sites (N-methyl/N-ethyl adjacent to an activating group) is 1. The van der Waals surface area contributed by atoms with Crippen LogP contribution in [0, 0.1) is 0 Å². The van der Waals surface area contributed by atoms with Crippen molar-refractivity contribution in [2.24, 2.45) is 0 Å². The molecule has 0 amide bonds. The molecule has 1 aliphatic heterocycles. The van der Waals surface area contributed by atoms with E-state index >= 15 is 0 Å². The summed E-state index contributed by atoms with van der Waals surface area (Å²) in [5.74, 6) is 0. The van der Waals surface area contributed by atoms with Crippen molar-refractivity contribution in [3.05, 3.63) is 110 Å². The second-order valence-corrected chi connectivity index (χ2v) is 9.66. The van der Waals surface area contributed by atoms with Crippen LogP contribution in [0.4, 0.5) is 5.69 Å². The maximum Gasteiger partial charge on any atom is 0.332 e. The maximum atomic E-state index is 14.1. The van der Waals surface area contributed by atoms with E-state index in [1.54, 1.807) is 10.6 Å². The third-order valence-corrected chi connectivity index (χ3v) is 7.14. The fourth-order valence-corrected chi connectivity index (χ4v) is 5.10. The van der Waals surface area contributed by atoms with E-state index in [0.29, 0.717) is 22.5 Å². The second kappa shape index (κ2) is 9.72. The molecule has 35 heavy (non-hydrogen) atoms. The summed E-state index contributed by atoms with van der Waals surface area (Å²) in [4.78, 5) is 32.5. The summed E-state index contributed by atoms with van der Waals surface area (Å²) in [6.45, 7) is 5.62. The molecule has 0 spiro atoms. The van der Waals surface area contributed by atoms with E-state index in [4.69, 9.17) is 11.6 Å². The monoisotopic (exact) mass is 488 g/mol. The van der Waals surface area contributed by atoms with Gasteiger partial charge >= 0.3 is 5.69 Å². The van der Waals surface area contributed by atoms with E-state index in [0.717, 1.165) is 43.0 Å². The Labute approximate surface area is 209 Å². The molecule has 180 valence electrons. The summed E-state index contributed by atoms with van der Waals surface area (Å²) < 4.78 is 3.09. The molecular weight excluding hydrogens is 460 g/mol. The van der Waals surface area contributed by atoms with Gasteiger partial charge < -0.3 is 9.80 Å². The van der Waals surface area contributed by atoms with Gasteiger partial charge in [0.05, 0.1) is 29.2 Å². The summed E-state index contributed by atoms with van der Waals surface area (Å²) >= 11 is 6.59. The van der Waals surface area contributed by atoms with Crippen LogP contribution in [0.3, 0.4) is 0 Å². The van der Waals surface area contributed by atoms with E-state index in [9.17, 15) is 9.59 Å². The van der Waals surface area contributed by atoms with Crippen molar-refractivity contribution in [3.63, 3.8) is 0 Å². The fraction of sp³-hybridized carbons (Fsp3) is 0.286. The molecule has 5 rings (SSSR count). The highest BCUT2D eigenvalue weighted by Gasteiger charge is 2.24. The van der Waals surface area contributed by atoms with Crippen LogP contribution in [0.2, 0.25) is 5.02 Å². The van der Waals surface area contributed by atoms with Crippen molar-refractivity contribution in [1.82, 2.24) is 14.0 Å². The highest BCUT2D eigenvalue weighted by atomic mass is 35.5. The van der Waals surface area contributed by atoms with Crippen LogP contribution in [-0.4, -0.2) is 47.3 Å². The zero-order valence-electron chi connectivity index (χ0n) is 20.0. The van der Waals surface area contributed by atoms with E-state index in [-0.39, 0.29) is 11.2 Å². The van der Waals surface area contributed by atoms with Gasteiger partial charge in [-0.25, -0.2) is 4.79 Å². The Kier molecular flexibility index (Phi) is 6.50. The van der Waals surface area contributed by atoms with Crippen LogP contribution in [-0.2, 0) is 6.54 Å². The number of benzene rings is 3. The number of anilines is 1. The lowest BCUT2D eigenvalue weighted by atomic mass is 10.1. The van der Waals surface area contributed by atoms with Crippen molar-refractivity contribution in [2.75, 3.05) is 38.1 Å². The molecule has 0 bridgehead atoms. The van der Waals surface area contributed by atoms with E-state index in [2.05, 4.69) is 16.8 Å². The van der Waals surface area contributed by atoms with Crippen LogP contribution >= 0.6 is 11.6 Å². The zero-order chi connectivity index (χ0) is 24.5. The Bertz CT molecular complexity index is 1460. The minimum absolute atomic E-state index is 0.281. The van der Waals surface area contributed by atoms with Gasteiger partial charge in [-0.15, -0.1) is 0 Å². The average Bonchev–Trinajstić information content (AvgIpc) is 2.87. The van der Waals surface area contributed by atoms with Crippen LogP contribution < -0.4 is 16.1 Å². The molecule has 1 atom stereocenters. The van der Waals surface area contributed by atoms with Gasteiger partial charge in [0.1, 0.15) is 0 Å². The third kappa shape index (κ3) is 4.51. The summed E-state index contributed by atoms with van der Waals surface area (Å²) in [5.41, 5.74) is 2.63. The molecule has 3 aromatic carbocycles. The van der Waals surface area contributed by atoms with Crippen molar-refractivity contribution in [3.8, 4) is 0 Å². The number of halogens is 1. The van der Waals surface area contributed by atoms with Gasteiger partial charge in [-0.05, 0) is 37.2 Å². The molecule has 0 N–H and O–H groups in total. The molecule has 1 aliphatic rings. The van der Waals surface area contributed by atoms with Gasteiger partial charge in [-0.1, -0.05) is 72.3 Å². The second-order valence-electron chi connectivity index (χ2n) is 9.23. The maximum absolute atomic E-state index is 14.1. The fourth-order valence-electron chi connectivity index (χ4n) is 4.89. The Balaban J connectivity index is 1.80. The SMILES string of the molecule is CC(c1ccccc1)n1c(=O)c2c(N3CCN(C)CC3)cc(Cl)cc2n(Cc2ccccc2)c1=O. The molecule has 2 heterocycles. The lowest BCUT2D eigenvalue weighted by molar-refractivity contribution is 0.313. The number of rotatable bonds is 5. The molecule has 0 aliphatic carbocycles. The van der Waals surface area contributed by atoms with Gasteiger partial charge in [0.2, 0.25) is 0 Å². The number of nitrogens with zero attached hydrogens (tertiary/aromatic N) is 4. The topological polar surface area (TPSA) is 50.5 Å². The zero-order valence-corrected chi connectivity index (χ0v) is 20.8. The molecule has 4 aromatic rings. The summed E-state index contributed by atoms with van der Waals surface area (Å²) in [6, 6.07) is 22.7. The molecule has 6 nitrogen and oxygen atoms in total. The number of hydrogen-bond acceptors (Lipinski definition) is 4. The molecule has 7 heteroatoms. The van der Waals surface area contributed by atoms with Crippen molar-refractivity contribution in [2.45, 2.75) is 19.5 Å². The quantitative estimate of drug-likeness (QED) is 0.422. The average molecular weight is 489 g/mol. The Morgan fingerprint density at radius 3 is 2.17 bits per heavy atom. The smallest absolute Gasteiger partial charge is 0.332 e. The summed E-state index contributed by atoms with van der Waals surface area (Å²) in [6.07, 6.45) is 0. The van der Waals surface area contributed by atoms with Crippen LogP contribution in [0.1, 0.15) is 24.1 Å². The predicted molar refractivity (Wildman–Crippen MR) is 143 cm³/mol. The number of fused-ring (bicyclic) bond motifs is 1. The Hall–Kier alpha value is -3.35. The third-order valence-electron chi connectivity index (χ3n) is 6.92. The van der Waals surface area contributed by atoms with Gasteiger partial charge in [-0.3, -0.25) is 13.9 Å². The van der Waals surface area contributed by atoms with Crippen LogP contribution in [0.25, 0.3) is 10.9 Å². The Morgan fingerprint density at radius 2 is 1.51 bits per heavy atom. The number of aromatic nitrogens is 2. The molecule has 1 saturated heterocycles. The van der Waals surface area contributed by atoms with Crippen molar-refractivity contribution in [1.29, 1.82) is 0 Å². The standard InChI is InChI=1S/C28H29ClN4O2/c1-20(22-11-7-4-8-12-22)33-27(34)26-24(31-15-13-30(2)14-16-31)17-23(29)18-25(26)32(28(33)35)19-21-9-5-3-6-10-21/h3-12,17-18,20H,13-16,19H2,1-2H3. The molecule has 0 saturated carbocycles. The highest BCUT2D eigenvalue weighted by molar-refractivity contribution is 6.31. The molecule has 0 radical (unpaired) electrons. The number of piperazine rings is 1. The van der Waals surface area contributed by atoms with Crippen molar-refractivity contribution >= 4 is 28.2 Å². The van der Waals surface area contributed by atoms with E-state index in [1.807, 2.05) is 73.7 Å². The Morgan fingerprint density at radius 1 is 0.886 bits per heavy atom. The van der Waals surface area contributed by atoms with E-state index in [1.165, 1.54) is 4.57 Å². The van der Waals surface area contributed by atoms with Crippen LogP contribution in [0.15, 0.2) is 82.4 Å². The van der Waals surface area contributed by atoms with Gasteiger partial charge in [0, 0.05) is 31.2 Å². The van der Waals surface area contributed by atoms with Gasteiger partial charge in [-0.2, -0.15) is 0 Å². The molecule has 1 unspecified atom stereocenters. The minimum atomic E-state index is -0.418. The largest absolute Gasteiger partial charge is 0.368 e. The van der Waals surface area contributed by atoms with E-state index < -0.39 is 6.04 Å². The molecule has 1 fully saturated rings.